The van der Waals surface area contributed by atoms with Crippen LogP contribution in [0.1, 0.15) is 42.7 Å². The number of aromatic nitrogens is 1. The van der Waals surface area contributed by atoms with E-state index in [-0.39, 0.29) is 11.7 Å². The average Bonchev–Trinajstić information content (AvgIpc) is 3.03. The summed E-state index contributed by atoms with van der Waals surface area (Å²) in [6.07, 6.45) is 2.39. The third kappa shape index (κ3) is 3.98. The van der Waals surface area contributed by atoms with E-state index in [0.29, 0.717) is 16.6 Å². The van der Waals surface area contributed by atoms with Crippen LogP contribution in [0.4, 0.5) is 0 Å². The molecule has 1 aliphatic rings. The third-order valence-electron chi connectivity index (χ3n) is 6.03. The van der Waals surface area contributed by atoms with Crippen LogP contribution < -0.4 is 4.90 Å². The van der Waals surface area contributed by atoms with E-state index in [0.717, 1.165) is 47.8 Å². The molecule has 158 valence electrons. The summed E-state index contributed by atoms with van der Waals surface area (Å²) >= 11 is 3.45. The highest BCUT2D eigenvalue weighted by atomic mass is 79.9. The lowest BCUT2D eigenvalue weighted by Gasteiger charge is -2.28. The largest absolute Gasteiger partial charge is 0.507 e. The summed E-state index contributed by atoms with van der Waals surface area (Å²) in [5, 5.41) is 11.1. The first-order chi connectivity index (χ1) is 14.5. The number of carbonyl (C=O) groups excluding carboxylic acids is 1. The Kier molecular flexibility index (Phi) is 6.16. The van der Waals surface area contributed by atoms with Gasteiger partial charge in [0.25, 0.3) is 0 Å². The van der Waals surface area contributed by atoms with Crippen LogP contribution >= 0.6 is 15.9 Å². The van der Waals surface area contributed by atoms with Crippen molar-refractivity contribution >= 4 is 32.8 Å². The molecular formula is C24H28BrN2O3+. The molecule has 0 radical (unpaired) electrons. The van der Waals surface area contributed by atoms with E-state index in [2.05, 4.69) is 27.4 Å². The Labute approximate surface area is 185 Å². The number of carbonyl (C=O) groups is 1. The predicted octanol–water partition coefficient (Wildman–Crippen LogP) is 4.09. The van der Waals surface area contributed by atoms with Gasteiger partial charge < -0.3 is 19.3 Å². The molecule has 30 heavy (non-hydrogen) atoms. The normalized spacial score (nSPS) is 19.2. The molecule has 1 fully saturated rings. The van der Waals surface area contributed by atoms with E-state index in [4.69, 9.17) is 4.74 Å². The van der Waals surface area contributed by atoms with Gasteiger partial charge in [-0.2, -0.15) is 0 Å². The topological polar surface area (TPSA) is 55.9 Å². The lowest BCUT2D eigenvalue weighted by atomic mass is 9.99. The number of ether oxygens (including phenoxy) is 1. The molecule has 5 nitrogen and oxygen atoms in total. The molecule has 2 heterocycles. The van der Waals surface area contributed by atoms with E-state index in [1.54, 1.807) is 6.07 Å². The molecule has 6 heteroatoms. The second-order valence-electron chi connectivity index (χ2n) is 8.14. The number of hydrogen-bond donors (Lipinski definition) is 2. The highest BCUT2D eigenvalue weighted by molar-refractivity contribution is 9.10. The number of fused-ring (bicyclic) bond motifs is 1. The maximum absolute atomic E-state index is 13.1. The number of aromatic hydroxyl groups is 1. The van der Waals surface area contributed by atoms with Gasteiger partial charge in [0.1, 0.15) is 12.3 Å². The van der Waals surface area contributed by atoms with Gasteiger partial charge in [-0.05, 0) is 65.9 Å². The average molecular weight is 472 g/mol. The number of phenolic OH excluding ortho intramolecular Hbond substituents is 1. The van der Waals surface area contributed by atoms with Crippen molar-refractivity contribution in [3.63, 3.8) is 0 Å². The van der Waals surface area contributed by atoms with Gasteiger partial charge in [0, 0.05) is 11.1 Å². The zero-order valence-corrected chi connectivity index (χ0v) is 19.0. The van der Waals surface area contributed by atoms with E-state index < -0.39 is 0 Å². The lowest BCUT2D eigenvalue weighted by Crippen LogP contribution is -3.11. The Hall–Kier alpha value is -2.31. The monoisotopic (exact) mass is 471 g/mol. The number of piperidine rings is 1. The summed E-state index contributed by atoms with van der Waals surface area (Å²) < 4.78 is 8.20. The molecule has 0 amide bonds. The van der Waals surface area contributed by atoms with Crippen molar-refractivity contribution in [2.24, 2.45) is 5.92 Å². The molecule has 0 saturated carbocycles. The maximum Gasteiger partial charge on any atom is 0.340 e. The number of esters is 1. The molecule has 0 aliphatic carbocycles. The minimum absolute atomic E-state index is 0.115. The first-order valence-corrected chi connectivity index (χ1v) is 11.4. The number of hydrogen-bond acceptors (Lipinski definition) is 3. The van der Waals surface area contributed by atoms with Gasteiger partial charge in [-0.25, -0.2) is 4.79 Å². The zero-order valence-electron chi connectivity index (χ0n) is 17.5. The van der Waals surface area contributed by atoms with Crippen LogP contribution in [0.15, 0.2) is 46.9 Å². The van der Waals surface area contributed by atoms with Gasteiger partial charge in [0.2, 0.25) is 0 Å². The lowest BCUT2D eigenvalue weighted by molar-refractivity contribution is -0.920. The van der Waals surface area contributed by atoms with Crippen molar-refractivity contribution in [1.82, 2.24) is 4.57 Å². The summed E-state index contributed by atoms with van der Waals surface area (Å²) in [7, 11) is 0. The number of benzene rings is 2. The van der Waals surface area contributed by atoms with Crippen LogP contribution in [0.2, 0.25) is 0 Å². The summed E-state index contributed by atoms with van der Waals surface area (Å²) in [4.78, 5) is 14.5. The van der Waals surface area contributed by atoms with Crippen molar-refractivity contribution in [1.29, 1.82) is 0 Å². The second kappa shape index (κ2) is 8.82. The number of nitrogens with zero attached hydrogens (tertiary/aromatic N) is 1. The summed E-state index contributed by atoms with van der Waals surface area (Å²) in [5.41, 5.74) is 3.38. The van der Waals surface area contributed by atoms with Crippen molar-refractivity contribution in [2.45, 2.75) is 33.2 Å². The van der Waals surface area contributed by atoms with Crippen LogP contribution in [0.25, 0.3) is 16.6 Å². The molecular weight excluding hydrogens is 444 g/mol. The molecule has 0 atom stereocenters. The van der Waals surface area contributed by atoms with E-state index in [9.17, 15) is 9.90 Å². The molecule has 1 aromatic heterocycles. The zero-order chi connectivity index (χ0) is 21.3. The SMILES string of the molecule is CCOC(=O)c1c(C[NH+]2CCC(C)CC2)n(-c2ccccc2)c2cc(Br)c(O)cc12. The van der Waals surface area contributed by atoms with Gasteiger partial charge in [0.05, 0.1) is 40.9 Å². The predicted molar refractivity (Wildman–Crippen MR) is 121 cm³/mol. The van der Waals surface area contributed by atoms with Crippen LogP contribution in [0, 0.1) is 5.92 Å². The van der Waals surface area contributed by atoms with Crippen molar-refractivity contribution in [3.05, 3.63) is 58.2 Å². The summed E-state index contributed by atoms with van der Waals surface area (Å²) in [5.74, 6) is 0.536. The van der Waals surface area contributed by atoms with Gasteiger partial charge in [-0.3, -0.25) is 0 Å². The highest BCUT2D eigenvalue weighted by Gasteiger charge is 2.29. The minimum atomic E-state index is -0.335. The van der Waals surface area contributed by atoms with E-state index >= 15 is 0 Å². The first kappa shape index (κ1) is 20.9. The maximum atomic E-state index is 13.1. The molecule has 0 spiro atoms. The fourth-order valence-corrected chi connectivity index (χ4v) is 4.73. The molecule has 2 N–H and O–H groups in total. The number of likely N-dealkylation sites (tertiary alicyclic amines) is 1. The fourth-order valence-electron chi connectivity index (χ4n) is 4.40. The fraction of sp³-hybridized carbons (Fsp3) is 0.375. The first-order valence-electron chi connectivity index (χ1n) is 10.6. The van der Waals surface area contributed by atoms with Gasteiger partial charge in [-0.15, -0.1) is 0 Å². The van der Waals surface area contributed by atoms with E-state index in [1.165, 1.54) is 17.7 Å². The Morgan fingerprint density at radius 1 is 1.23 bits per heavy atom. The van der Waals surface area contributed by atoms with Crippen LogP contribution in [-0.2, 0) is 11.3 Å². The number of halogens is 1. The smallest absolute Gasteiger partial charge is 0.340 e. The summed E-state index contributed by atoms with van der Waals surface area (Å²) in [6.45, 7) is 7.36. The Bertz CT molecular complexity index is 1050. The van der Waals surface area contributed by atoms with Crippen LogP contribution in [0.3, 0.4) is 0 Å². The third-order valence-corrected chi connectivity index (χ3v) is 6.66. The molecule has 3 aromatic rings. The number of nitrogens with one attached hydrogen (secondary N) is 1. The second-order valence-corrected chi connectivity index (χ2v) is 9.00. The Morgan fingerprint density at radius 2 is 1.93 bits per heavy atom. The standard InChI is InChI=1S/C24H27BrN2O3/c1-3-30-24(29)23-18-13-22(28)19(25)14-20(18)27(17-7-5-4-6-8-17)21(23)15-26-11-9-16(2)10-12-26/h4-8,13-14,16,28H,3,9-12,15H2,1-2H3/p+1. The van der Waals surface area contributed by atoms with Crippen molar-refractivity contribution in [2.75, 3.05) is 19.7 Å². The Morgan fingerprint density at radius 3 is 2.60 bits per heavy atom. The summed E-state index contributed by atoms with van der Waals surface area (Å²) in [6, 6.07) is 13.6. The van der Waals surface area contributed by atoms with Crippen molar-refractivity contribution < 1.29 is 19.5 Å². The quantitative estimate of drug-likeness (QED) is 0.550. The van der Waals surface area contributed by atoms with Crippen molar-refractivity contribution in [3.8, 4) is 11.4 Å². The van der Waals surface area contributed by atoms with Crippen LogP contribution in [0.5, 0.6) is 5.75 Å². The van der Waals surface area contributed by atoms with Gasteiger partial charge >= 0.3 is 5.97 Å². The molecule has 1 saturated heterocycles. The van der Waals surface area contributed by atoms with E-state index in [1.807, 2.05) is 43.3 Å². The molecule has 0 unspecified atom stereocenters. The molecule has 4 rings (SSSR count). The van der Waals surface area contributed by atoms with Gasteiger partial charge in [0.15, 0.2) is 0 Å². The Balaban J connectivity index is 1.95. The number of quaternary nitrogens is 1. The number of rotatable bonds is 5. The van der Waals surface area contributed by atoms with Crippen LogP contribution in [-0.4, -0.2) is 35.3 Å². The molecule has 0 bridgehead atoms. The number of para-hydroxylation sites is 1. The number of phenols is 1. The minimum Gasteiger partial charge on any atom is -0.507 e. The highest BCUT2D eigenvalue weighted by Crippen LogP contribution is 2.36. The van der Waals surface area contributed by atoms with Gasteiger partial charge in [-0.1, -0.05) is 25.1 Å². The molecule has 2 aromatic carbocycles. The molecule has 1 aliphatic heterocycles.